The van der Waals surface area contributed by atoms with Gasteiger partial charge in [-0.1, -0.05) is 0 Å². The summed E-state index contributed by atoms with van der Waals surface area (Å²) >= 11 is 4.75. The van der Waals surface area contributed by atoms with Crippen LogP contribution >= 0.6 is 12.2 Å². The standard InChI is InChI=1S/C17H25N5O4S/c1-24-8-6-21(7-9-25-2)11-22-14-5-4-12(26-3)10-13(14)15(16(22)23)19-20-17(18)27/h4-5,10,23H,6-9,11H2,1-3H3,(H2,18,27). The molecule has 0 saturated carbocycles. The maximum atomic E-state index is 10.8. The lowest BCUT2D eigenvalue weighted by molar-refractivity contribution is 0.0951. The lowest BCUT2D eigenvalue weighted by Crippen LogP contribution is -2.32. The van der Waals surface area contributed by atoms with Crippen LogP contribution < -0.4 is 10.5 Å². The number of hydrogen-bond acceptors (Lipinski definition) is 7. The first-order valence-corrected chi connectivity index (χ1v) is 8.73. The van der Waals surface area contributed by atoms with E-state index >= 15 is 0 Å². The summed E-state index contributed by atoms with van der Waals surface area (Å²) in [6.07, 6.45) is 0. The Balaban J connectivity index is 2.47. The number of ether oxygens (including phenoxy) is 3. The predicted molar refractivity (Wildman–Crippen MR) is 107 cm³/mol. The number of aromatic nitrogens is 1. The second-order valence-corrected chi connectivity index (χ2v) is 6.18. The van der Waals surface area contributed by atoms with Crippen LogP contribution in [0, 0.1) is 0 Å². The molecule has 0 fully saturated rings. The van der Waals surface area contributed by atoms with E-state index in [1.807, 2.05) is 12.1 Å². The highest BCUT2D eigenvalue weighted by atomic mass is 32.1. The third-order valence-corrected chi connectivity index (χ3v) is 4.11. The molecule has 0 unspecified atom stereocenters. The normalized spacial score (nSPS) is 11.7. The van der Waals surface area contributed by atoms with Crippen molar-refractivity contribution < 1.29 is 19.3 Å². The van der Waals surface area contributed by atoms with Crippen LogP contribution in [0.4, 0.5) is 5.69 Å². The van der Waals surface area contributed by atoms with E-state index in [4.69, 9.17) is 32.2 Å². The van der Waals surface area contributed by atoms with Gasteiger partial charge < -0.3 is 25.1 Å². The molecular weight excluding hydrogens is 370 g/mol. The van der Waals surface area contributed by atoms with Gasteiger partial charge in [0, 0.05) is 32.7 Å². The van der Waals surface area contributed by atoms with Crippen molar-refractivity contribution in [2.75, 3.05) is 47.6 Å². The fourth-order valence-corrected chi connectivity index (χ4v) is 2.71. The van der Waals surface area contributed by atoms with Crippen molar-refractivity contribution in [2.24, 2.45) is 16.0 Å². The number of methoxy groups -OCH3 is 3. The van der Waals surface area contributed by atoms with Crippen molar-refractivity contribution in [1.82, 2.24) is 9.47 Å². The number of nitrogens with zero attached hydrogens (tertiary/aromatic N) is 4. The van der Waals surface area contributed by atoms with E-state index in [0.717, 1.165) is 5.52 Å². The van der Waals surface area contributed by atoms with Gasteiger partial charge in [-0.05, 0) is 30.4 Å². The van der Waals surface area contributed by atoms with Gasteiger partial charge in [-0.3, -0.25) is 9.47 Å². The van der Waals surface area contributed by atoms with Gasteiger partial charge in [0.2, 0.25) is 11.0 Å². The Kier molecular flexibility index (Phi) is 7.92. The Morgan fingerprint density at radius 2 is 1.89 bits per heavy atom. The Labute approximate surface area is 163 Å². The van der Waals surface area contributed by atoms with Gasteiger partial charge in [0.25, 0.3) is 0 Å². The maximum Gasteiger partial charge on any atom is 0.221 e. The largest absolute Gasteiger partial charge is 0.497 e. The maximum absolute atomic E-state index is 10.8. The van der Waals surface area contributed by atoms with E-state index in [9.17, 15) is 5.11 Å². The Hall–Kier alpha value is -2.27. The number of aromatic hydroxyl groups is 1. The zero-order valence-electron chi connectivity index (χ0n) is 15.7. The second kappa shape index (κ2) is 10.2. The molecule has 0 radical (unpaired) electrons. The molecule has 0 bridgehead atoms. The highest BCUT2D eigenvalue weighted by molar-refractivity contribution is 7.80. The molecule has 0 saturated heterocycles. The van der Waals surface area contributed by atoms with Crippen molar-refractivity contribution in [3.05, 3.63) is 18.2 Å². The van der Waals surface area contributed by atoms with E-state index < -0.39 is 0 Å². The topological polar surface area (TPSA) is 107 Å². The molecule has 148 valence electrons. The van der Waals surface area contributed by atoms with Crippen molar-refractivity contribution in [3.8, 4) is 11.6 Å². The lowest BCUT2D eigenvalue weighted by Gasteiger charge is -2.23. The SMILES string of the molecule is COCCN(CCOC)Cn1c(O)c(N=NC(N)=S)c2cc(OC)ccc21. The molecule has 0 aliphatic heterocycles. The van der Waals surface area contributed by atoms with Gasteiger partial charge in [-0.15, -0.1) is 10.2 Å². The number of hydrogen-bond donors (Lipinski definition) is 2. The van der Waals surface area contributed by atoms with E-state index in [1.54, 1.807) is 32.0 Å². The van der Waals surface area contributed by atoms with Crippen molar-refractivity contribution >= 4 is 33.9 Å². The van der Waals surface area contributed by atoms with Crippen LogP contribution in [0.15, 0.2) is 28.4 Å². The Morgan fingerprint density at radius 1 is 1.22 bits per heavy atom. The summed E-state index contributed by atoms with van der Waals surface area (Å²) in [5.74, 6) is 0.611. The second-order valence-electron chi connectivity index (χ2n) is 5.77. The number of benzene rings is 1. The molecule has 2 rings (SSSR count). The van der Waals surface area contributed by atoms with Gasteiger partial charge in [0.05, 0.1) is 32.5 Å². The average Bonchev–Trinajstić information content (AvgIpc) is 2.92. The summed E-state index contributed by atoms with van der Waals surface area (Å²) in [6, 6.07) is 5.47. The molecule has 1 aromatic carbocycles. The summed E-state index contributed by atoms with van der Waals surface area (Å²) in [5.41, 5.74) is 6.48. The summed E-state index contributed by atoms with van der Waals surface area (Å²) in [7, 11) is 4.88. The number of fused-ring (bicyclic) bond motifs is 1. The molecule has 0 spiro atoms. The van der Waals surface area contributed by atoms with Crippen LogP contribution in [0.5, 0.6) is 11.6 Å². The van der Waals surface area contributed by atoms with Crippen LogP contribution in [0.25, 0.3) is 10.9 Å². The summed E-state index contributed by atoms with van der Waals surface area (Å²) in [6.45, 7) is 2.90. The highest BCUT2D eigenvalue weighted by Gasteiger charge is 2.19. The smallest absolute Gasteiger partial charge is 0.221 e. The van der Waals surface area contributed by atoms with Gasteiger partial charge in [-0.25, -0.2) is 0 Å². The van der Waals surface area contributed by atoms with Crippen LogP contribution in [-0.4, -0.2) is 67.3 Å². The number of nitrogens with two attached hydrogens (primary N) is 1. The van der Waals surface area contributed by atoms with Crippen molar-refractivity contribution in [1.29, 1.82) is 0 Å². The first kappa shape index (κ1) is 21.0. The van der Waals surface area contributed by atoms with Gasteiger partial charge in [0.1, 0.15) is 5.75 Å². The van der Waals surface area contributed by atoms with E-state index in [-0.39, 0.29) is 16.7 Å². The molecule has 9 nitrogen and oxygen atoms in total. The highest BCUT2D eigenvalue weighted by Crippen LogP contribution is 2.40. The molecular formula is C17H25N5O4S. The molecule has 10 heteroatoms. The molecule has 2 aromatic rings. The predicted octanol–water partition coefficient (Wildman–Crippen LogP) is 2.24. The molecule has 0 aliphatic rings. The lowest BCUT2D eigenvalue weighted by atomic mass is 10.2. The fourth-order valence-electron chi connectivity index (χ4n) is 2.66. The van der Waals surface area contributed by atoms with Crippen molar-refractivity contribution in [2.45, 2.75) is 6.67 Å². The van der Waals surface area contributed by atoms with Gasteiger partial charge in [0.15, 0.2) is 5.69 Å². The molecule has 1 aromatic heterocycles. The number of azo groups is 1. The summed E-state index contributed by atoms with van der Waals surface area (Å²) in [5, 5.41) is 19.1. The third kappa shape index (κ3) is 5.36. The van der Waals surface area contributed by atoms with E-state index in [2.05, 4.69) is 15.1 Å². The molecule has 3 N–H and O–H groups in total. The molecule has 0 aliphatic carbocycles. The van der Waals surface area contributed by atoms with Crippen LogP contribution in [0.1, 0.15) is 0 Å². The Bertz CT molecular complexity index is 800. The summed E-state index contributed by atoms with van der Waals surface area (Å²) < 4.78 is 17.4. The number of rotatable bonds is 10. The van der Waals surface area contributed by atoms with Gasteiger partial charge in [-0.2, -0.15) is 0 Å². The Morgan fingerprint density at radius 3 is 2.44 bits per heavy atom. The average molecular weight is 395 g/mol. The van der Waals surface area contributed by atoms with E-state index in [1.165, 1.54) is 0 Å². The first-order chi connectivity index (χ1) is 13.0. The minimum atomic E-state index is -0.111. The molecule has 0 amide bonds. The minimum absolute atomic E-state index is 0.0295. The van der Waals surface area contributed by atoms with Crippen LogP contribution in [-0.2, 0) is 16.1 Å². The zero-order chi connectivity index (χ0) is 19.8. The zero-order valence-corrected chi connectivity index (χ0v) is 16.5. The van der Waals surface area contributed by atoms with Crippen LogP contribution in [0.2, 0.25) is 0 Å². The third-order valence-electron chi connectivity index (χ3n) is 4.03. The monoisotopic (exact) mass is 395 g/mol. The van der Waals surface area contributed by atoms with Crippen molar-refractivity contribution in [3.63, 3.8) is 0 Å². The van der Waals surface area contributed by atoms with Crippen LogP contribution in [0.3, 0.4) is 0 Å². The number of thiocarbonyl (C=S) groups is 1. The molecule has 27 heavy (non-hydrogen) atoms. The minimum Gasteiger partial charge on any atom is -0.497 e. The molecule has 1 heterocycles. The first-order valence-electron chi connectivity index (χ1n) is 8.32. The quantitative estimate of drug-likeness (QED) is 0.469. The fraction of sp³-hybridized carbons (Fsp3) is 0.471. The van der Waals surface area contributed by atoms with Gasteiger partial charge >= 0.3 is 0 Å². The van der Waals surface area contributed by atoms with E-state index in [0.29, 0.717) is 44.1 Å². The molecule has 0 atom stereocenters. The summed E-state index contributed by atoms with van der Waals surface area (Å²) in [4.78, 5) is 2.10.